The standard InChI is InChI=1S/C26H26N2O5S/c1-4-31-22(26(29)30)14-18-5-11-21(12-6-18)32-15-24-16(2)13-23(34-24)19-7-9-20(10-8-19)25-28-27-17(3)33-25/h5-13,22H,4,14-15H2,1-3H3,(H,29,30)/t22-/m0/s1. The molecule has 1 N–H and O–H groups in total. The number of nitrogens with zero attached hydrogens (tertiary/aromatic N) is 2. The van der Waals surface area contributed by atoms with Gasteiger partial charge in [-0.05, 0) is 60.9 Å². The van der Waals surface area contributed by atoms with Crippen molar-refractivity contribution in [3.63, 3.8) is 0 Å². The lowest BCUT2D eigenvalue weighted by molar-refractivity contribution is -0.149. The lowest BCUT2D eigenvalue weighted by Crippen LogP contribution is -2.26. The number of ether oxygens (including phenoxy) is 2. The Morgan fingerprint density at radius 3 is 2.38 bits per heavy atom. The SMILES string of the molecule is CCO[C@@H](Cc1ccc(OCc2sc(-c3ccc(-c4nnc(C)o4)cc3)cc2C)cc1)C(=O)O. The number of carboxylic acids is 1. The predicted octanol–water partition coefficient (Wildman–Crippen LogP) is 5.69. The second-order valence-corrected chi connectivity index (χ2v) is 8.98. The lowest BCUT2D eigenvalue weighted by Gasteiger charge is -2.13. The van der Waals surface area contributed by atoms with Crippen molar-refractivity contribution in [3.8, 4) is 27.6 Å². The maximum absolute atomic E-state index is 11.3. The fourth-order valence-corrected chi connectivity index (χ4v) is 4.59. The Balaban J connectivity index is 1.38. The number of hydrogen-bond acceptors (Lipinski definition) is 7. The van der Waals surface area contributed by atoms with E-state index in [-0.39, 0.29) is 0 Å². The first-order chi connectivity index (χ1) is 16.4. The molecule has 0 spiro atoms. The van der Waals surface area contributed by atoms with Gasteiger partial charge in [0.05, 0.1) is 0 Å². The third-order valence-corrected chi connectivity index (χ3v) is 6.58. The first-order valence-electron chi connectivity index (χ1n) is 11.0. The molecule has 0 unspecified atom stereocenters. The van der Waals surface area contributed by atoms with Gasteiger partial charge < -0.3 is 19.0 Å². The van der Waals surface area contributed by atoms with E-state index >= 15 is 0 Å². The van der Waals surface area contributed by atoms with Crippen LogP contribution in [0.25, 0.3) is 21.9 Å². The smallest absolute Gasteiger partial charge is 0.333 e. The van der Waals surface area contributed by atoms with Crippen LogP contribution in [0.3, 0.4) is 0 Å². The number of carboxylic acid groups (broad SMARTS) is 1. The Bertz CT molecular complexity index is 1250. The highest BCUT2D eigenvalue weighted by atomic mass is 32.1. The summed E-state index contributed by atoms with van der Waals surface area (Å²) < 4.78 is 16.8. The molecular formula is C26H26N2O5S. The minimum absolute atomic E-state index is 0.321. The summed E-state index contributed by atoms with van der Waals surface area (Å²) in [7, 11) is 0. The van der Waals surface area contributed by atoms with Gasteiger partial charge in [0.25, 0.3) is 0 Å². The Hall–Kier alpha value is -3.49. The van der Waals surface area contributed by atoms with Crippen molar-refractivity contribution in [1.29, 1.82) is 0 Å². The summed E-state index contributed by atoms with van der Waals surface area (Å²) in [4.78, 5) is 13.6. The number of aliphatic carboxylic acids is 1. The monoisotopic (exact) mass is 478 g/mol. The molecule has 0 bridgehead atoms. The normalized spacial score (nSPS) is 12.0. The molecule has 0 aliphatic carbocycles. The van der Waals surface area contributed by atoms with E-state index in [4.69, 9.17) is 13.9 Å². The van der Waals surface area contributed by atoms with Gasteiger partial charge in [-0.2, -0.15) is 0 Å². The molecule has 176 valence electrons. The molecule has 4 aromatic rings. The Morgan fingerprint density at radius 1 is 1.06 bits per heavy atom. The second kappa shape index (κ2) is 10.6. The van der Waals surface area contributed by atoms with E-state index in [1.807, 2.05) is 36.4 Å². The molecule has 0 aliphatic heterocycles. The first-order valence-corrected chi connectivity index (χ1v) is 11.8. The molecule has 2 aromatic heterocycles. The predicted molar refractivity (Wildman–Crippen MR) is 130 cm³/mol. The molecule has 4 rings (SSSR count). The van der Waals surface area contributed by atoms with Gasteiger partial charge in [0.15, 0.2) is 6.10 Å². The number of benzene rings is 2. The van der Waals surface area contributed by atoms with E-state index in [1.54, 1.807) is 25.2 Å². The summed E-state index contributed by atoms with van der Waals surface area (Å²) in [6.45, 7) is 6.47. The molecule has 0 saturated carbocycles. The van der Waals surface area contributed by atoms with E-state index in [0.29, 0.717) is 31.4 Å². The number of aryl methyl sites for hydroxylation is 2. The van der Waals surface area contributed by atoms with Crippen LogP contribution >= 0.6 is 11.3 Å². The maximum Gasteiger partial charge on any atom is 0.333 e. The van der Waals surface area contributed by atoms with Crippen LogP contribution in [0.1, 0.15) is 28.8 Å². The minimum atomic E-state index is -0.953. The Labute approximate surface area is 202 Å². The number of thiophene rings is 1. The molecule has 2 heterocycles. The van der Waals surface area contributed by atoms with E-state index in [9.17, 15) is 9.90 Å². The van der Waals surface area contributed by atoms with Crippen LogP contribution in [-0.4, -0.2) is 34.0 Å². The Kier molecular flexibility index (Phi) is 7.40. The molecular weight excluding hydrogens is 452 g/mol. The molecule has 8 heteroatoms. The van der Waals surface area contributed by atoms with E-state index in [1.165, 1.54) is 5.56 Å². The molecule has 1 atom stereocenters. The van der Waals surface area contributed by atoms with Crippen molar-refractivity contribution >= 4 is 17.3 Å². The van der Waals surface area contributed by atoms with Crippen molar-refractivity contribution in [2.75, 3.05) is 6.61 Å². The zero-order chi connectivity index (χ0) is 24.1. The molecule has 7 nitrogen and oxygen atoms in total. The molecule has 0 aliphatic rings. The van der Waals surface area contributed by atoms with Gasteiger partial charge >= 0.3 is 5.97 Å². The first kappa shape index (κ1) is 23.7. The molecule has 0 fully saturated rings. The highest BCUT2D eigenvalue weighted by Gasteiger charge is 2.18. The molecule has 0 radical (unpaired) electrons. The van der Waals surface area contributed by atoms with Gasteiger partial charge in [0.1, 0.15) is 12.4 Å². The van der Waals surface area contributed by atoms with Crippen LogP contribution in [-0.2, 0) is 22.6 Å². The van der Waals surface area contributed by atoms with Gasteiger partial charge in [-0.3, -0.25) is 0 Å². The van der Waals surface area contributed by atoms with Crippen LogP contribution in [0, 0.1) is 13.8 Å². The van der Waals surface area contributed by atoms with Crippen molar-refractivity contribution in [1.82, 2.24) is 10.2 Å². The third-order valence-electron chi connectivity index (χ3n) is 5.32. The number of carbonyl (C=O) groups is 1. The number of hydrogen-bond donors (Lipinski definition) is 1. The van der Waals surface area contributed by atoms with Crippen molar-refractivity contribution < 1.29 is 23.8 Å². The number of rotatable bonds is 10. The highest BCUT2D eigenvalue weighted by Crippen LogP contribution is 2.33. The average molecular weight is 479 g/mol. The quantitative estimate of drug-likeness (QED) is 0.313. The zero-order valence-electron chi connectivity index (χ0n) is 19.3. The highest BCUT2D eigenvalue weighted by molar-refractivity contribution is 7.15. The van der Waals surface area contributed by atoms with Gasteiger partial charge in [0, 0.05) is 35.3 Å². The van der Waals surface area contributed by atoms with Crippen LogP contribution in [0.2, 0.25) is 0 Å². The summed E-state index contributed by atoms with van der Waals surface area (Å²) in [5.41, 5.74) is 4.07. The van der Waals surface area contributed by atoms with Crippen molar-refractivity contribution in [2.45, 2.75) is 39.9 Å². The topological polar surface area (TPSA) is 94.7 Å². The summed E-state index contributed by atoms with van der Waals surface area (Å²) in [5.74, 6) is 0.844. The number of aromatic nitrogens is 2. The summed E-state index contributed by atoms with van der Waals surface area (Å²) >= 11 is 1.70. The molecule has 34 heavy (non-hydrogen) atoms. The van der Waals surface area contributed by atoms with E-state index in [0.717, 1.165) is 32.2 Å². The van der Waals surface area contributed by atoms with Crippen LogP contribution in [0.5, 0.6) is 5.75 Å². The van der Waals surface area contributed by atoms with Crippen LogP contribution in [0.15, 0.2) is 59.0 Å². The lowest BCUT2D eigenvalue weighted by atomic mass is 10.1. The van der Waals surface area contributed by atoms with Gasteiger partial charge in [0.2, 0.25) is 11.8 Å². The minimum Gasteiger partial charge on any atom is -0.488 e. The van der Waals surface area contributed by atoms with Gasteiger partial charge in [-0.15, -0.1) is 21.5 Å². The maximum atomic E-state index is 11.3. The fraction of sp³-hybridized carbons (Fsp3) is 0.269. The Morgan fingerprint density at radius 2 is 1.76 bits per heavy atom. The second-order valence-electron chi connectivity index (χ2n) is 7.84. The molecule has 2 aromatic carbocycles. The van der Waals surface area contributed by atoms with Gasteiger partial charge in [-0.25, -0.2) is 4.79 Å². The summed E-state index contributed by atoms with van der Waals surface area (Å²) in [6.07, 6.45) is -0.518. The summed E-state index contributed by atoms with van der Waals surface area (Å²) in [5, 5.41) is 17.2. The van der Waals surface area contributed by atoms with Crippen LogP contribution < -0.4 is 4.74 Å². The average Bonchev–Trinajstić information content (AvgIpc) is 3.43. The fourth-order valence-electron chi connectivity index (χ4n) is 3.50. The van der Waals surface area contributed by atoms with Gasteiger partial charge in [-0.1, -0.05) is 24.3 Å². The van der Waals surface area contributed by atoms with Crippen molar-refractivity contribution in [2.24, 2.45) is 0 Å². The largest absolute Gasteiger partial charge is 0.488 e. The van der Waals surface area contributed by atoms with E-state index < -0.39 is 12.1 Å². The van der Waals surface area contributed by atoms with Crippen molar-refractivity contribution in [3.05, 3.63) is 76.5 Å². The molecule has 0 amide bonds. The zero-order valence-corrected chi connectivity index (χ0v) is 20.1. The van der Waals surface area contributed by atoms with E-state index in [2.05, 4.69) is 35.3 Å². The third kappa shape index (κ3) is 5.70. The van der Waals surface area contributed by atoms with Crippen LogP contribution in [0.4, 0.5) is 0 Å². The molecule has 0 saturated heterocycles. The summed E-state index contributed by atoms with van der Waals surface area (Å²) in [6, 6.07) is 17.7.